The molecule has 0 aliphatic heterocycles. The molecule has 0 nitrogen and oxygen atoms in total. The third-order valence-corrected chi connectivity index (χ3v) is 3.85. The number of halogens is 3. The van der Waals surface area contributed by atoms with Gasteiger partial charge < -0.3 is 37.2 Å². The summed E-state index contributed by atoms with van der Waals surface area (Å²) in [5.74, 6) is 0.788. The predicted octanol–water partition coefficient (Wildman–Crippen LogP) is -4.55. The van der Waals surface area contributed by atoms with Gasteiger partial charge in [-0.1, -0.05) is 58.8 Å². The fraction of sp³-hybridized carbons (Fsp3) is 0.643. The van der Waals surface area contributed by atoms with E-state index >= 15 is 0 Å². The van der Waals surface area contributed by atoms with E-state index in [9.17, 15) is 0 Å². The molecule has 0 aromatic heterocycles. The van der Waals surface area contributed by atoms with Crippen LogP contribution in [0.2, 0.25) is 0 Å². The number of hydrogen-bond acceptors (Lipinski definition) is 0. The van der Waals surface area contributed by atoms with Crippen LogP contribution in [0.15, 0.2) is 22.3 Å². The standard InChI is InChI=1S/C14H21.3ClH.Ti/c1-4-11-10(3)12(5-2)14-9-7-6-8-13(11)14;;;;/h8,12H,4-7,9H2,1-3H3;3*1H;/q-1;;;;+4/p-3. The van der Waals surface area contributed by atoms with Crippen LogP contribution in [0, 0.1) is 12.3 Å². The van der Waals surface area contributed by atoms with Crippen LogP contribution in [0.5, 0.6) is 0 Å². The molecule has 2 aliphatic rings. The van der Waals surface area contributed by atoms with Gasteiger partial charge in [0.15, 0.2) is 0 Å². The summed E-state index contributed by atoms with van der Waals surface area (Å²) < 4.78 is 0. The molecule has 0 aromatic rings. The van der Waals surface area contributed by atoms with Crippen LogP contribution in [0.25, 0.3) is 0 Å². The van der Waals surface area contributed by atoms with Crippen molar-refractivity contribution in [3.8, 4) is 0 Å². The monoisotopic (exact) mass is 342 g/mol. The van der Waals surface area contributed by atoms with Crippen LogP contribution in [-0.4, -0.2) is 0 Å². The summed E-state index contributed by atoms with van der Waals surface area (Å²) in [5, 5.41) is 0. The van der Waals surface area contributed by atoms with Crippen molar-refractivity contribution in [3.05, 3.63) is 28.7 Å². The van der Waals surface area contributed by atoms with Gasteiger partial charge in [-0.05, 0) is 0 Å². The molecule has 1 unspecified atom stereocenters. The van der Waals surface area contributed by atoms with Gasteiger partial charge in [-0.25, -0.2) is 0 Å². The summed E-state index contributed by atoms with van der Waals surface area (Å²) in [4.78, 5) is 0. The normalized spacial score (nSPS) is 20.7. The van der Waals surface area contributed by atoms with Gasteiger partial charge in [-0.3, -0.25) is 0 Å². The van der Waals surface area contributed by atoms with E-state index in [4.69, 9.17) is 0 Å². The summed E-state index contributed by atoms with van der Waals surface area (Å²) in [6, 6.07) is 0. The Bertz CT molecular complexity index is 308. The summed E-state index contributed by atoms with van der Waals surface area (Å²) in [6.45, 7) is 6.97. The summed E-state index contributed by atoms with van der Waals surface area (Å²) in [5.41, 5.74) is 6.72. The van der Waals surface area contributed by atoms with Crippen molar-refractivity contribution in [2.75, 3.05) is 0 Å². The molecule has 18 heavy (non-hydrogen) atoms. The van der Waals surface area contributed by atoms with E-state index < -0.39 is 0 Å². The first-order valence-corrected chi connectivity index (χ1v) is 6.05. The molecule has 0 radical (unpaired) electrons. The van der Waals surface area contributed by atoms with Crippen molar-refractivity contribution in [3.63, 3.8) is 0 Å². The SMILES string of the molecule is CCC1=C(C)C(CC)C2=C1[CH-]CCC2.[Cl-].[Cl-].[Cl-].[Ti+4]. The van der Waals surface area contributed by atoms with Gasteiger partial charge in [0, 0.05) is 0 Å². The molecular weight excluding hydrogens is 322 g/mol. The van der Waals surface area contributed by atoms with Crippen molar-refractivity contribution < 1.29 is 58.9 Å². The Balaban J connectivity index is -0.000000562. The van der Waals surface area contributed by atoms with E-state index in [1.165, 1.54) is 32.1 Å². The van der Waals surface area contributed by atoms with Gasteiger partial charge in [0.25, 0.3) is 0 Å². The Morgan fingerprint density at radius 3 is 2.28 bits per heavy atom. The first kappa shape index (κ1) is 24.0. The van der Waals surface area contributed by atoms with Crippen LogP contribution < -0.4 is 37.2 Å². The average Bonchev–Trinajstić information content (AvgIpc) is 2.49. The molecule has 0 fully saturated rings. The van der Waals surface area contributed by atoms with Crippen molar-refractivity contribution in [2.24, 2.45) is 5.92 Å². The molecule has 0 heterocycles. The van der Waals surface area contributed by atoms with E-state index in [2.05, 4.69) is 27.2 Å². The van der Waals surface area contributed by atoms with E-state index in [0.29, 0.717) is 0 Å². The fourth-order valence-corrected chi connectivity index (χ4v) is 3.19. The Hall–Kier alpha value is 0.934. The molecule has 0 saturated heterocycles. The second-order valence-electron chi connectivity index (χ2n) is 4.51. The molecule has 2 aliphatic carbocycles. The molecule has 102 valence electrons. The fourth-order valence-electron chi connectivity index (χ4n) is 3.19. The van der Waals surface area contributed by atoms with Crippen LogP contribution in [0.4, 0.5) is 0 Å². The van der Waals surface area contributed by atoms with Gasteiger partial charge in [0.2, 0.25) is 0 Å². The van der Waals surface area contributed by atoms with Crippen LogP contribution in [-0.2, 0) is 21.7 Å². The Kier molecular flexibility index (Phi) is 14.2. The zero-order chi connectivity index (χ0) is 10.1. The predicted molar refractivity (Wildman–Crippen MR) is 61.9 cm³/mol. The molecule has 0 bridgehead atoms. The van der Waals surface area contributed by atoms with E-state index in [1.54, 1.807) is 22.3 Å². The van der Waals surface area contributed by atoms with Gasteiger partial charge in [0.05, 0.1) is 0 Å². The van der Waals surface area contributed by atoms with E-state index in [-0.39, 0.29) is 58.9 Å². The van der Waals surface area contributed by atoms with Crippen LogP contribution in [0.1, 0.15) is 52.9 Å². The minimum atomic E-state index is 0. The first-order chi connectivity index (χ1) is 6.79. The number of hydrogen-bond donors (Lipinski definition) is 0. The van der Waals surface area contributed by atoms with Crippen molar-refractivity contribution >= 4 is 0 Å². The Morgan fingerprint density at radius 2 is 1.78 bits per heavy atom. The topological polar surface area (TPSA) is 0 Å². The van der Waals surface area contributed by atoms with E-state index in [1.807, 2.05) is 0 Å². The largest absolute Gasteiger partial charge is 4.00 e. The molecule has 0 saturated carbocycles. The number of rotatable bonds is 2. The molecule has 0 amide bonds. The molecule has 4 heteroatoms. The van der Waals surface area contributed by atoms with Crippen LogP contribution in [0.3, 0.4) is 0 Å². The van der Waals surface area contributed by atoms with Gasteiger partial charge >= 0.3 is 21.7 Å². The summed E-state index contributed by atoms with van der Waals surface area (Å²) in [6.07, 6.45) is 9.02. The minimum absolute atomic E-state index is 0. The molecule has 2 rings (SSSR count). The van der Waals surface area contributed by atoms with Crippen molar-refractivity contribution in [1.82, 2.24) is 0 Å². The van der Waals surface area contributed by atoms with E-state index in [0.717, 1.165) is 5.92 Å². The zero-order valence-electron chi connectivity index (χ0n) is 11.3. The van der Waals surface area contributed by atoms with Gasteiger partial charge in [-0.2, -0.15) is 23.1 Å². The molecule has 0 N–H and O–H groups in total. The smallest absolute Gasteiger partial charge is 1.00 e. The maximum Gasteiger partial charge on any atom is 4.00 e. The molecule has 1 atom stereocenters. The first-order valence-electron chi connectivity index (χ1n) is 6.05. The Labute approximate surface area is 146 Å². The molecule has 0 aromatic carbocycles. The second kappa shape index (κ2) is 10.7. The van der Waals surface area contributed by atoms with Crippen LogP contribution >= 0.6 is 0 Å². The molecule has 0 spiro atoms. The Morgan fingerprint density at radius 1 is 1.17 bits per heavy atom. The third kappa shape index (κ3) is 4.22. The quantitative estimate of drug-likeness (QED) is 0.350. The van der Waals surface area contributed by atoms with Gasteiger partial charge in [0.1, 0.15) is 0 Å². The average molecular weight is 344 g/mol. The summed E-state index contributed by atoms with van der Waals surface area (Å²) >= 11 is 0. The maximum atomic E-state index is 2.48. The number of allylic oxidation sites excluding steroid dienone is 4. The molecular formula is C14H21Cl3Ti. The summed E-state index contributed by atoms with van der Waals surface area (Å²) in [7, 11) is 0. The van der Waals surface area contributed by atoms with Gasteiger partial charge in [-0.15, -0.1) is 5.57 Å². The zero-order valence-corrected chi connectivity index (χ0v) is 15.2. The maximum absolute atomic E-state index is 2.48. The van der Waals surface area contributed by atoms with Crippen molar-refractivity contribution in [2.45, 2.75) is 52.9 Å². The second-order valence-corrected chi connectivity index (χ2v) is 4.51. The van der Waals surface area contributed by atoms with Crippen molar-refractivity contribution in [1.29, 1.82) is 0 Å². The third-order valence-electron chi connectivity index (χ3n) is 3.85. The minimum Gasteiger partial charge on any atom is -1.00 e.